The van der Waals surface area contributed by atoms with Gasteiger partial charge in [-0.15, -0.1) is 0 Å². The summed E-state index contributed by atoms with van der Waals surface area (Å²) in [7, 11) is 0. The van der Waals surface area contributed by atoms with E-state index in [0.717, 1.165) is 12.3 Å². The summed E-state index contributed by atoms with van der Waals surface area (Å²) >= 11 is 0. The molecule has 0 aromatic carbocycles. The number of nitrogens with two attached hydrogens (primary N) is 1. The monoisotopic (exact) mass is 232 g/mol. The summed E-state index contributed by atoms with van der Waals surface area (Å²) < 4.78 is 36.7. The smallest absolute Gasteiger partial charge is 0.327 e. The summed E-state index contributed by atoms with van der Waals surface area (Å²) in [5.74, 6) is 0.282. The Hall–Kier alpha value is -1.10. The van der Waals surface area contributed by atoms with Gasteiger partial charge in [-0.1, -0.05) is 13.8 Å². The second kappa shape index (κ2) is 4.82. The van der Waals surface area contributed by atoms with Crippen LogP contribution in [0.25, 0.3) is 0 Å². The Bertz CT molecular complexity index is 330. The largest absolute Gasteiger partial charge is 0.417 e. The highest BCUT2D eigenvalue weighted by atomic mass is 19.4. The number of aromatic nitrogens is 1. The third kappa shape index (κ3) is 3.48. The van der Waals surface area contributed by atoms with Crippen molar-refractivity contribution in [2.75, 3.05) is 0 Å². The first-order valence-corrected chi connectivity index (χ1v) is 5.08. The topological polar surface area (TPSA) is 38.9 Å². The molecule has 90 valence electrons. The third-order valence-corrected chi connectivity index (χ3v) is 2.45. The second-order valence-corrected chi connectivity index (χ2v) is 4.15. The summed E-state index contributed by atoms with van der Waals surface area (Å²) in [6.07, 6.45) is -2.98. The molecule has 2 nitrogen and oxygen atoms in total. The van der Waals surface area contributed by atoms with E-state index in [9.17, 15) is 13.2 Å². The van der Waals surface area contributed by atoms with Gasteiger partial charge in [0, 0.05) is 24.4 Å². The fraction of sp³-hybridized carbons (Fsp3) is 0.545. The van der Waals surface area contributed by atoms with Gasteiger partial charge in [-0.3, -0.25) is 4.98 Å². The molecule has 0 aliphatic heterocycles. The maximum atomic E-state index is 12.2. The normalized spacial score (nSPS) is 14.2. The zero-order valence-electron chi connectivity index (χ0n) is 9.25. The molecule has 0 fully saturated rings. The van der Waals surface area contributed by atoms with Gasteiger partial charge in [-0.25, -0.2) is 0 Å². The number of hydrogen-bond donors (Lipinski definition) is 1. The predicted molar refractivity (Wildman–Crippen MR) is 55.8 cm³/mol. The lowest BCUT2D eigenvalue weighted by Crippen LogP contribution is -2.29. The number of rotatable bonds is 3. The lowest BCUT2D eigenvalue weighted by atomic mass is 10.00. The molecule has 0 bridgehead atoms. The Labute approximate surface area is 92.7 Å². The minimum Gasteiger partial charge on any atom is -0.327 e. The van der Waals surface area contributed by atoms with Gasteiger partial charge in [-0.2, -0.15) is 13.2 Å². The zero-order chi connectivity index (χ0) is 12.3. The zero-order valence-corrected chi connectivity index (χ0v) is 9.25. The van der Waals surface area contributed by atoms with E-state index in [1.165, 1.54) is 6.07 Å². The number of alkyl halides is 3. The molecule has 1 aromatic heterocycles. The van der Waals surface area contributed by atoms with Crippen LogP contribution in [0.5, 0.6) is 0 Å². The molecular weight excluding hydrogens is 217 g/mol. The Morgan fingerprint density at radius 3 is 2.31 bits per heavy atom. The van der Waals surface area contributed by atoms with Crippen molar-refractivity contribution >= 4 is 0 Å². The van der Waals surface area contributed by atoms with E-state index in [1.54, 1.807) is 0 Å². The summed E-state index contributed by atoms with van der Waals surface area (Å²) in [6.45, 7) is 3.93. The van der Waals surface area contributed by atoms with Gasteiger partial charge >= 0.3 is 6.18 Å². The highest BCUT2D eigenvalue weighted by Gasteiger charge is 2.30. The summed E-state index contributed by atoms with van der Waals surface area (Å²) in [6, 6.07) is 2.34. The molecule has 5 heteroatoms. The molecular formula is C11H15F3N2. The van der Waals surface area contributed by atoms with Crippen molar-refractivity contribution in [1.82, 2.24) is 4.98 Å². The van der Waals surface area contributed by atoms with Crippen LogP contribution in [0.2, 0.25) is 0 Å². The molecule has 1 heterocycles. The summed E-state index contributed by atoms with van der Waals surface area (Å²) in [5.41, 5.74) is 5.67. The number of nitrogens with zero attached hydrogens (tertiary/aromatic N) is 1. The van der Waals surface area contributed by atoms with Crippen molar-refractivity contribution in [2.24, 2.45) is 11.7 Å². The van der Waals surface area contributed by atoms with E-state index in [-0.39, 0.29) is 12.0 Å². The molecule has 0 saturated carbocycles. The summed E-state index contributed by atoms with van der Waals surface area (Å²) in [4.78, 5) is 3.77. The van der Waals surface area contributed by atoms with Gasteiger partial charge in [0.25, 0.3) is 0 Å². The van der Waals surface area contributed by atoms with Gasteiger partial charge in [0.05, 0.1) is 5.56 Å². The van der Waals surface area contributed by atoms with Crippen LogP contribution in [0.15, 0.2) is 18.3 Å². The lowest BCUT2D eigenvalue weighted by Gasteiger charge is -2.15. The van der Waals surface area contributed by atoms with Crippen molar-refractivity contribution < 1.29 is 13.2 Å². The van der Waals surface area contributed by atoms with Gasteiger partial charge < -0.3 is 5.73 Å². The minimum absolute atomic E-state index is 0.0794. The Morgan fingerprint density at radius 2 is 1.94 bits per heavy atom. The molecule has 0 radical (unpaired) electrons. The van der Waals surface area contributed by atoms with E-state index in [4.69, 9.17) is 5.73 Å². The molecule has 1 atom stereocenters. The second-order valence-electron chi connectivity index (χ2n) is 4.15. The molecule has 0 saturated heterocycles. The molecule has 16 heavy (non-hydrogen) atoms. The third-order valence-electron chi connectivity index (χ3n) is 2.45. The first kappa shape index (κ1) is 13.0. The fourth-order valence-corrected chi connectivity index (χ4v) is 1.19. The molecule has 1 rings (SSSR count). The van der Waals surface area contributed by atoms with E-state index in [1.807, 2.05) is 13.8 Å². The van der Waals surface area contributed by atoms with Crippen LogP contribution in [-0.4, -0.2) is 11.0 Å². The Balaban J connectivity index is 2.72. The van der Waals surface area contributed by atoms with E-state index < -0.39 is 11.7 Å². The van der Waals surface area contributed by atoms with Crippen molar-refractivity contribution in [3.63, 3.8) is 0 Å². The van der Waals surface area contributed by atoms with Crippen LogP contribution in [-0.2, 0) is 12.6 Å². The molecule has 0 aliphatic carbocycles. The highest BCUT2D eigenvalue weighted by Crippen LogP contribution is 2.28. The average molecular weight is 232 g/mol. The van der Waals surface area contributed by atoms with Crippen LogP contribution in [0, 0.1) is 5.92 Å². The van der Waals surface area contributed by atoms with Gasteiger partial charge in [0.15, 0.2) is 0 Å². The fourth-order valence-electron chi connectivity index (χ4n) is 1.19. The predicted octanol–water partition coefficient (Wildman–Crippen LogP) is 2.63. The maximum absolute atomic E-state index is 12.2. The van der Waals surface area contributed by atoms with Crippen molar-refractivity contribution in [2.45, 2.75) is 32.5 Å². The quantitative estimate of drug-likeness (QED) is 0.870. The van der Waals surface area contributed by atoms with E-state index >= 15 is 0 Å². The molecule has 2 N–H and O–H groups in total. The van der Waals surface area contributed by atoms with E-state index in [0.29, 0.717) is 12.1 Å². The SMILES string of the molecule is CC(C)C(N)Cc1ccc(C(F)(F)F)cn1. The maximum Gasteiger partial charge on any atom is 0.417 e. The number of hydrogen-bond acceptors (Lipinski definition) is 2. The molecule has 0 spiro atoms. The van der Waals surface area contributed by atoms with Crippen LogP contribution in [0.1, 0.15) is 25.1 Å². The van der Waals surface area contributed by atoms with Crippen molar-refractivity contribution in [3.05, 3.63) is 29.6 Å². The average Bonchev–Trinajstić information content (AvgIpc) is 2.17. The summed E-state index contributed by atoms with van der Waals surface area (Å²) in [5, 5.41) is 0. The van der Waals surface area contributed by atoms with Gasteiger partial charge in [-0.05, 0) is 18.1 Å². The molecule has 1 unspecified atom stereocenters. The number of halogens is 3. The molecule has 0 amide bonds. The van der Waals surface area contributed by atoms with Gasteiger partial charge in [0.2, 0.25) is 0 Å². The Kier molecular flexibility index (Phi) is 3.91. The Morgan fingerprint density at radius 1 is 1.31 bits per heavy atom. The van der Waals surface area contributed by atoms with E-state index in [2.05, 4.69) is 4.98 Å². The van der Waals surface area contributed by atoms with Gasteiger partial charge in [0.1, 0.15) is 0 Å². The minimum atomic E-state index is -4.33. The first-order chi connectivity index (χ1) is 7.30. The standard InChI is InChI=1S/C11H15F3N2/c1-7(2)10(15)5-9-4-3-8(6-16-9)11(12,13)14/h3-4,6-7,10H,5,15H2,1-2H3. The van der Waals surface area contributed by atoms with Crippen molar-refractivity contribution in [3.8, 4) is 0 Å². The first-order valence-electron chi connectivity index (χ1n) is 5.08. The number of pyridine rings is 1. The lowest BCUT2D eigenvalue weighted by molar-refractivity contribution is -0.137. The van der Waals surface area contributed by atoms with Crippen LogP contribution >= 0.6 is 0 Å². The molecule has 1 aromatic rings. The highest BCUT2D eigenvalue weighted by molar-refractivity contribution is 5.17. The van der Waals surface area contributed by atoms with Crippen LogP contribution < -0.4 is 5.73 Å². The van der Waals surface area contributed by atoms with Crippen LogP contribution in [0.3, 0.4) is 0 Å². The van der Waals surface area contributed by atoms with Crippen LogP contribution in [0.4, 0.5) is 13.2 Å². The molecule has 0 aliphatic rings. The van der Waals surface area contributed by atoms with Crippen molar-refractivity contribution in [1.29, 1.82) is 0 Å².